The number of carbonyl (C=O) groups is 1. The molecule has 1 saturated heterocycles. The largest absolute Gasteiger partial charge is 0.382 e. The van der Waals surface area contributed by atoms with Crippen molar-refractivity contribution in [3.05, 3.63) is 4.88 Å². The number of hydrogen-bond donors (Lipinski definition) is 2. The molecule has 0 aliphatic carbocycles. The zero-order valence-corrected chi connectivity index (χ0v) is 13.9. The lowest BCUT2D eigenvalue weighted by molar-refractivity contribution is 0.0629. The highest BCUT2D eigenvalue weighted by Crippen LogP contribution is 2.26. The summed E-state index contributed by atoms with van der Waals surface area (Å²) in [6.45, 7) is 11.7. The molecule has 1 aliphatic rings. The Morgan fingerprint density at radius 2 is 2.05 bits per heavy atom. The number of amides is 1. The number of nitrogen functional groups attached to an aromatic ring is 1. The Hall–Kier alpha value is -1.34. The average Bonchev–Trinajstić information content (AvgIpc) is 2.79. The van der Waals surface area contributed by atoms with Crippen LogP contribution in [0.3, 0.4) is 0 Å². The minimum Gasteiger partial charge on any atom is -0.382 e. The molecule has 7 heteroatoms. The van der Waals surface area contributed by atoms with E-state index in [1.165, 1.54) is 11.3 Å². The van der Waals surface area contributed by atoms with E-state index in [0.717, 1.165) is 44.4 Å². The second-order valence-corrected chi connectivity index (χ2v) is 6.75. The molecule has 0 bridgehead atoms. The SMILES string of the molecule is CCNc1nc(N)c(C(=O)N2CCN(CC(C)C)CC2)s1. The zero-order valence-electron chi connectivity index (χ0n) is 13.1. The van der Waals surface area contributed by atoms with Crippen molar-refractivity contribution in [2.75, 3.05) is 50.3 Å². The van der Waals surface area contributed by atoms with E-state index >= 15 is 0 Å². The Balaban J connectivity index is 1.95. The van der Waals surface area contributed by atoms with Gasteiger partial charge >= 0.3 is 0 Å². The molecule has 0 saturated carbocycles. The first-order chi connectivity index (χ1) is 10.0. The summed E-state index contributed by atoms with van der Waals surface area (Å²) in [7, 11) is 0. The summed E-state index contributed by atoms with van der Waals surface area (Å²) >= 11 is 1.35. The number of piperazine rings is 1. The maximum absolute atomic E-state index is 12.5. The van der Waals surface area contributed by atoms with Crippen LogP contribution in [0.4, 0.5) is 10.9 Å². The number of rotatable bonds is 5. The molecular formula is C14H25N5OS. The van der Waals surface area contributed by atoms with Crippen molar-refractivity contribution in [2.24, 2.45) is 5.92 Å². The van der Waals surface area contributed by atoms with Gasteiger partial charge in [-0.15, -0.1) is 0 Å². The number of hydrogen-bond acceptors (Lipinski definition) is 6. The van der Waals surface area contributed by atoms with Crippen molar-refractivity contribution in [1.82, 2.24) is 14.8 Å². The van der Waals surface area contributed by atoms with Crippen LogP contribution in [0.15, 0.2) is 0 Å². The number of aromatic nitrogens is 1. The predicted octanol–water partition coefficient (Wildman–Crippen LogP) is 1.57. The number of carbonyl (C=O) groups excluding carboxylic acids is 1. The van der Waals surface area contributed by atoms with Crippen LogP contribution in [-0.2, 0) is 0 Å². The van der Waals surface area contributed by atoms with Gasteiger partial charge in [0.2, 0.25) is 0 Å². The van der Waals surface area contributed by atoms with Gasteiger partial charge in [0.15, 0.2) is 5.13 Å². The standard InChI is InChI=1S/C14H25N5OS/c1-4-16-14-17-12(15)11(21-14)13(20)19-7-5-18(6-8-19)9-10(2)3/h10H,4-9,15H2,1-3H3,(H,16,17). The van der Waals surface area contributed by atoms with Gasteiger partial charge in [-0.1, -0.05) is 25.2 Å². The topological polar surface area (TPSA) is 74.5 Å². The fourth-order valence-corrected chi connectivity index (χ4v) is 3.43. The second kappa shape index (κ2) is 7.09. The predicted molar refractivity (Wildman–Crippen MR) is 87.9 cm³/mol. The van der Waals surface area contributed by atoms with E-state index in [0.29, 0.717) is 16.6 Å². The minimum absolute atomic E-state index is 0.0124. The van der Waals surface area contributed by atoms with Crippen LogP contribution in [0.1, 0.15) is 30.4 Å². The van der Waals surface area contributed by atoms with E-state index < -0.39 is 0 Å². The van der Waals surface area contributed by atoms with Gasteiger partial charge in [-0.2, -0.15) is 0 Å². The number of anilines is 2. The lowest BCUT2D eigenvalue weighted by Crippen LogP contribution is -2.49. The zero-order chi connectivity index (χ0) is 15.4. The summed E-state index contributed by atoms with van der Waals surface area (Å²) in [4.78, 5) is 21.6. The first-order valence-corrected chi connectivity index (χ1v) is 8.34. The van der Waals surface area contributed by atoms with Gasteiger partial charge in [0, 0.05) is 39.3 Å². The van der Waals surface area contributed by atoms with Gasteiger partial charge in [-0.25, -0.2) is 4.98 Å². The molecule has 1 aromatic heterocycles. The summed E-state index contributed by atoms with van der Waals surface area (Å²) in [5.41, 5.74) is 5.87. The van der Waals surface area contributed by atoms with Gasteiger partial charge in [0.1, 0.15) is 10.7 Å². The molecule has 1 amide bonds. The molecule has 1 aliphatic heterocycles. The van der Waals surface area contributed by atoms with Crippen LogP contribution >= 0.6 is 11.3 Å². The smallest absolute Gasteiger partial charge is 0.267 e. The molecule has 6 nitrogen and oxygen atoms in total. The van der Waals surface area contributed by atoms with Gasteiger partial charge in [-0.05, 0) is 12.8 Å². The molecule has 1 fully saturated rings. The molecule has 1 aromatic rings. The van der Waals surface area contributed by atoms with E-state index in [4.69, 9.17) is 5.73 Å². The average molecular weight is 311 g/mol. The quantitative estimate of drug-likeness (QED) is 0.863. The molecule has 3 N–H and O–H groups in total. The molecule has 118 valence electrons. The van der Waals surface area contributed by atoms with E-state index in [2.05, 4.69) is 29.0 Å². The third kappa shape index (κ3) is 4.07. The molecule has 0 spiro atoms. The van der Waals surface area contributed by atoms with Crippen molar-refractivity contribution < 1.29 is 4.79 Å². The molecule has 0 aromatic carbocycles. The maximum atomic E-state index is 12.5. The van der Waals surface area contributed by atoms with Crippen LogP contribution in [0.25, 0.3) is 0 Å². The van der Waals surface area contributed by atoms with E-state index in [-0.39, 0.29) is 5.91 Å². The Morgan fingerprint density at radius 3 is 2.62 bits per heavy atom. The summed E-state index contributed by atoms with van der Waals surface area (Å²) in [6, 6.07) is 0. The molecular weight excluding hydrogens is 286 g/mol. The van der Waals surface area contributed by atoms with Gasteiger partial charge < -0.3 is 16.0 Å². The lowest BCUT2D eigenvalue weighted by atomic mass is 10.2. The maximum Gasteiger partial charge on any atom is 0.267 e. The van der Waals surface area contributed by atoms with Crippen LogP contribution in [-0.4, -0.2) is 60.0 Å². The number of nitrogens with two attached hydrogens (primary N) is 1. The van der Waals surface area contributed by atoms with E-state index in [1.807, 2.05) is 11.8 Å². The molecule has 2 rings (SSSR count). The fourth-order valence-electron chi connectivity index (χ4n) is 2.51. The van der Waals surface area contributed by atoms with Crippen LogP contribution in [0, 0.1) is 5.92 Å². The highest BCUT2D eigenvalue weighted by atomic mass is 32.1. The Labute approximate surface area is 130 Å². The second-order valence-electron chi connectivity index (χ2n) is 5.75. The normalized spacial score (nSPS) is 16.5. The summed E-state index contributed by atoms with van der Waals surface area (Å²) in [5.74, 6) is 1.01. The number of thiazole rings is 1. The van der Waals surface area contributed by atoms with Gasteiger partial charge in [0.25, 0.3) is 5.91 Å². The highest BCUT2D eigenvalue weighted by molar-refractivity contribution is 7.18. The van der Waals surface area contributed by atoms with Crippen LogP contribution in [0.5, 0.6) is 0 Å². The third-order valence-corrected chi connectivity index (χ3v) is 4.48. The molecule has 0 atom stereocenters. The first-order valence-electron chi connectivity index (χ1n) is 7.53. The Morgan fingerprint density at radius 1 is 1.38 bits per heavy atom. The molecule has 2 heterocycles. The van der Waals surface area contributed by atoms with E-state index in [1.54, 1.807) is 0 Å². The monoisotopic (exact) mass is 311 g/mol. The Kier molecular flexibility index (Phi) is 5.41. The third-order valence-electron chi connectivity index (χ3n) is 3.46. The van der Waals surface area contributed by atoms with Crippen molar-refractivity contribution in [3.8, 4) is 0 Å². The summed E-state index contributed by atoms with van der Waals surface area (Å²) < 4.78 is 0. The molecule has 21 heavy (non-hydrogen) atoms. The van der Waals surface area contributed by atoms with Gasteiger partial charge in [-0.3, -0.25) is 9.69 Å². The lowest BCUT2D eigenvalue weighted by Gasteiger charge is -2.35. The number of nitrogens with zero attached hydrogens (tertiary/aromatic N) is 3. The minimum atomic E-state index is 0.0124. The van der Waals surface area contributed by atoms with Crippen molar-refractivity contribution in [3.63, 3.8) is 0 Å². The molecule has 0 radical (unpaired) electrons. The summed E-state index contributed by atoms with van der Waals surface area (Å²) in [5, 5.41) is 3.82. The number of nitrogens with one attached hydrogen (secondary N) is 1. The van der Waals surface area contributed by atoms with E-state index in [9.17, 15) is 4.79 Å². The molecule has 0 unspecified atom stereocenters. The summed E-state index contributed by atoms with van der Waals surface area (Å²) in [6.07, 6.45) is 0. The fraction of sp³-hybridized carbons (Fsp3) is 0.714. The van der Waals surface area contributed by atoms with Crippen molar-refractivity contribution in [1.29, 1.82) is 0 Å². The van der Waals surface area contributed by atoms with Crippen molar-refractivity contribution in [2.45, 2.75) is 20.8 Å². The van der Waals surface area contributed by atoms with Crippen LogP contribution in [0.2, 0.25) is 0 Å². The Bertz CT molecular complexity index is 480. The van der Waals surface area contributed by atoms with Crippen LogP contribution < -0.4 is 11.1 Å². The van der Waals surface area contributed by atoms with Crippen molar-refractivity contribution >= 4 is 28.2 Å². The van der Waals surface area contributed by atoms with Gasteiger partial charge in [0.05, 0.1) is 0 Å². The highest BCUT2D eigenvalue weighted by Gasteiger charge is 2.25. The first kappa shape index (κ1) is 16.0.